The Bertz CT molecular complexity index is 448. The van der Waals surface area contributed by atoms with Gasteiger partial charge >= 0.3 is 11.9 Å². The van der Waals surface area contributed by atoms with Crippen molar-refractivity contribution >= 4 is 11.9 Å². The summed E-state index contributed by atoms with van der Waals surface area (Å²) in [5.74, 6) is -2.04. The zero-order valence-corrected chi connectivity index (χ0v) is 9.61. The molecule has 0 aliphatic heterocycles. The Kier molecular flexibility index (Phi) is 4.50. The highest BCUT2D eigenvalue weighted by Crippen LogP contribution is 2.01. The number of hydrogen-bond acceptors (Lipinski definition) is 5. The molecule has 94 valence electrons. The van der Waals surface area contributed by atoms with Gasteiger partial charge < -0.3 is 14.6 Å². The molecule has 2 N–H and O–H groups in total. The van der Waals surface area contributed by atoms with E-state index in [1.54, 1.807) is 13.8 Å². The summed E-state index contributed by atoms with van der Waals surface area (Å²) in [7, 11) is 0. The third kappa shape index (κ3) is 4.13. The first kappa shape index (κ1) is 13.0. The average Bonchev–Trinajstić information content (AvgIpc) is 2.64. The molecule has 0 fully saturated rings. The van der Waals surface area contributed by atoms with Gasteiger partial charge in [-0.2, -0.15) is 0 Å². The number of nitrogens with one attached hydrogen (secondary N) is 2. The summed E-state index contributed by atoms with van der Waals surface area (Å²) in [6.07, 6.45) is -0.220. The van der Waals surface area contributed by atoms with Crippen molar-refractivity contribution in [3.05, 3.63) is 22.1 Å². The summed E-state index contributed by atoms with van der Waals surface area (Å²) in [5, 5.41) is 4.98. The van der Waals surface area contributed by atoms with Crippen molar-refractivity contribution in [3.8, 4) is 0 Å². The molecule has 0 aliphatic rings. The van der Waals surface area contributed by atoms with Crippen molar-refractivity contribution in [3.63, 3.8) is 0 Å². The number of hydrogen-bond donors (Lipinski definition) is 2. The highest BCUT2D eigenvalue weighted by atomic mass is 16.6. The SMILES string of the molecule is CCOC(=O)C(=O)OC(C)Cc1cc(=O)[nH][nH]1. The second kappa shape index (κ2) is 5.88. The predicted molar refractivity (Wildman–Crippen MR) is 57.3 cm³/mol. The number of carbonyl (C=O) groups is 2. The average molecular weight is 242 g/mol. The lowest BCUT2D eigenvalue weighted by Crippen LogP contribution is -2.25. The first-order valence-electron chi connectivity index (χ1n) is 5.17. The van der Waals surface area contributed by atoms with Crippen molar-refractivity contribution < 1.29 is 19.1 Å². The van der Waals surface area contributed by atoms with Crippen molar-refractivity contribution in [2.75, 3.05) is 6.61 Å². The van der Waals surface area contributed by atoms with Gasteiger partial charge in [0.2, 0.25) is 0 Å². The maximum absolute atomic E-state index is 11.2. The van der Waals surface area contributed by atoms with Crippen LogP contribution in [-0.2, 0) is 25.5 Å². The Morgan fingerprint density at radius 2 is 2.06 bits per heavy atom. The van der Waals surface area contributed by atoms with Crippen LogP contribution in [0.15, 0.2) is 10.9 Å². The van der Waals surface area contributed by atoms with E-state index in [0.717, 1.165) is 0 Å². The lowest BCUT2D eigenvalue weighted by molar-refractivity contribution is -0.170. The molecule has 7 heteroatoms. The van der Waals surface area contributed by atoms with Crippen molar-refractivity contribution in [2.24, 2.45) is 0 Å². The van der Waals surface area contributed by atoms with Crippen LogP contribution in [0.2, 0.25) is 0 Å². The first-order chi connectivity index (χ1) is 8.02. The van der Waals surface area contributed by atoms with Gasteiger partial charge in [0.1, 0.15) is 6.10 Å². The van der Waals surface area contributed by atoms with Crippen LogP contribution in [0, 0.1) is 0 Å². The molecule has 1 aromatic rings. The number of ether oxygens (including phenoxy) is 2. The third-order valence-corrected chi connectivity index (χ3v) is 1.91. The summed E-state index contributed by atoms with van der Waals surface area (Å²) in [6.45, 7) is 3.33. The molecule has 0 spiro atoms. The van der Waals surface area contributed by atoms with Gasteiger partial charge in [-0.3, -0.25) is 9.89 Å². The van der Waals surface area contributed by atoms with Gasteiger partial charge in [0.25, 0.3) is 5.56 Å². The fraction of sp³-hybridized carbons (Fsp3) is 0.500. The zero-order chi connectivity index (χ0) is 12.8. The highest BCUT2D eigenvalue weighted by Gasteiger charge is 2.20. The van der Waals surface area contributed by atoms with Crippen LogP contribution < -0.4 is 5.56 Å². The Morgan fingerprint density at radius 3 is 2.59 bits per heavy atom. The molecular weight excluding hydrogens is 228 g/mol. The van der Waals surface area contributed by atoms with E-state index in [0.29, 0.717) is 12.1 Å². The van der Waals surface area contributed by atoms with Crippen molar-refractivity contribution in [2.45, 2.75) is 26.4 Å². The zero-order valence-electron chi connectivity index (χ0n) is 9.61. The maximum Gasteiger partial charge on any atom is 0.417 e. The predicted octanol–water partition coefficient (Wildman–Crippen LogP) is -0.260. The Labute approximate surface area is 97.1 Å². The Morgan fingerprint density at radius 1 is 1.35 bits per heavy atom. The normalized spacial score (nSPS) is 11.9. The molecule has 0 saturated heterocycles. The molecule has 0 saturated carbocycles. The van der Waals surface area contributed by atoms with E-state index < -0.39 is 18.0 Å². The van der Waals surface area contributed by atoms with Crippen LogP contribution in [-0.4, -0.2) is 34.8 Å². The number of aromatic amines is 2. The van der Waals surface area contributed by atoms with Crippen molar-refractivity contribution in [1.29, 1.82) is 0 Å². The molecule has 0 amide bonds. The van der Waals surface area contributed by atoms with Crippen LogP contribution >= 0.6 is 0 Å². The molecular formula is C10H14N2O5. The quantitative estimate of drug-likeness (QED) is 0.559. The smallest absolute Gasteiger partial charge is 0.417 e. The van der Waals surface area contributed by atoms with E-state index >= 15 is 0 Å². The lowest BCUT2D eigenvalue weighted by atomic mass is 10.2. The molecule has 1 rings (SSSR count). The lowest BCUT2D eigenvalue weighted by Gasteiger charge is -2.11. The number of aromatic nitrogens is 2. The van der Waals surface area contributed by atoms with Gasteiger partial charge in [-0.25, -0.2) is 9.59 Å². The monoisotopic (exact) mass is 242 g/mol. The summed E-state index contributed by atoms with van der Waals surface area (Å²) in [4.78, 5) is 33.0. The van der Waals surface area contributed by atoms with Gasteiger partial charge in [0.15, 0.2) is 0 Å². The standard InChI is InChI=1S/C10H14N2O5/c1-3-16-9(14)10(15)17-6(2)4-7-5-8(13)12-11-7/h5-6H,3-4H2,1-2H3,(H2,11,12,13). The highest BCUT2D eigenvalue weighted by molar-refractivity contribution is 6.29. The minimum Gasteiger partial charge on any atom is -0.458 e. The minimum absolute atomic E-state index is 0.118. The molecule has 17 heavy (non-hydrogen) atoms. The van der Waals surface area contributed by atoms with E-state index in [4.69, 9.17) is 4.74 Å². The molecule has 1 aromatic heterocycles. The molecule has 1 heterocycles. The summed E-state index contributed by atoms with van der Waals surface area (Å²) < 4.78 is 9.31. The Hall–Kier alpha value is -2.05. The molecule has 0 bridgehead atoms. The second-order valence-corrected chi connectivity index (χ2v) is 3.42. The number of rotatable bonds is 4. The van der Waals surface area contributed by atoms with Gasteiger partial charge in [0, 0.05) is 18.2 Å². The largest absolute Gasteiger partial charge is 0.458 e. The third-order valence-electron chi connectivity index (χ3n) is 1.91. The van der Waals surface area contributed by atoms with E-state index in [9.17, 15) is 14.4 Å². The maximum atomic E-state index is 11.2. The van der Waals surface area contributed by atoms with Crippen LogP contribution in [0.25, 0.3) is 0 Å². The second-order valence-electron chi connectivity index (χ2n) is 3.42. The number of carbonyl (C=O) groups excluding carboxylic acids is 2. The van der Waals surface area contributed by atoms with Crippen LogP contribution in [0.5, 0.6) is 0 Å². The fourth-order valence-corrected chi connectivity index (χ4v) is 1.25. The van der Waals surface area contributed by atoms with Crippen molar-refractivity contribution in [1.82, 2.24) is 10.2 Å². The molecule has 0 aromatic carbocycles. The van der Waals surface area contributed by atoms with Gasteiger partial charge in [-0.1, -0.05) is 0 Å². The molecule has 0 radical (unpaired) electrons. The van der Waals surface area contributed by atoms with E-state index in [1.807, 2.05) is 0 Å². The molecule has 7 nitrogen and oxygen atoms in total. The number of H-pyrrole nitrogens is 2. The topological polar surface area (TPSA) is 101 Å². The number of esters is 2. The summed E-state index contributed by atoms with van der Waals surface area (Å²) >= 11 is 0. The fourth-order valence-electron chi connectivity index (χ4n) is 1.25. The van der Waals surface area contributed by atoms with Gasteiger partial charge in [0.05, 0.1) is 6.61 Å². The Balaban J connectivity index is 2.44. The van der Waals surface area contributed by atoms with E-state index in [1.165, 1.54) is 6.07 Å². The summed E-state index contributed by atoms with van der Waals surface area (Å²) in [6, 6.07) is 1.36. The van der Waals surface area contributed by atoms with E-state index in [-0.39, 0.29) is 12.2 Å². The summed E-state index contributed by atoms with van der Waals surface area (Å²) in [5.41, 5.74) is 0.336. The van der Waals surface area contributed by atoms with E-state index in [2.05, 4.69) is 14.9 Å². The molecule has 1 unspecified atom stereocenters. The van der Waals surface area contributed by atoms with Crippen LogP contribution in [0.4, 0.5) is 0 Å². The molecule has 0 aliphatic carbocycles. The molecule has 1 atom stereocenters. The van der Waals surface area contributed by atoms with Crippen LogP contribution in [0.1, 0.15) is 19.5 Å². The minimum atomic E-state index is -1.03. The first-order valence-corrected chi connectivity index (χ1v) is 5.17. The van der Waals surface area contributed by atoms with Gasteiger partial charge in [-0.05, 0) is 13.8 Å². The van der Waals surface area contributed by atoms with Crippen LogP contribution in [0.3, 0.4) is 0 Å². The van der Waals surface area contributed by atoms with Gasteiger partial charge in [-0.15, -0.1) is 0 Å².